The van der Waals surface area contributed by atoms with Gasteiger partial charge in [0, 0.05) is 17.7 Å². The lowest BCUT2D eigenvalue weighted by Crippen LogP contribution is -2.41. The molecule has 0 spiro atoms. The normalized spacial score (nSPS) is 25.5. The van der Waals surface area contributed by atoms with Crippen LogP contribution < -0.4 is 0 Å². The van der Waals surface area contributed by atoms with E-state index >= 15 is 0 Å². The van der Waals surface area contributed by atoms with Crippen molar-refractivity contribution in [2.24, 2.45) is 0 Å². The van der Waals surface area contributed by atoms with Crippen LogP contribution in [0.5, 0.6) is 0 Å². The van der Waals surface area contributed by atoms with Gasteiger partial charge in [-0.2, -0.15) is 11.8 Å². The van der Waals surface area contributed by atoms with Crippen LogP contribution in [0.15, 0.2) is 24.3 Å². The van der Waals surface area contributed by atoms with Crippen molar-refractivity contribution in [3.63, 3.8) is 0 Å². The van der Waals surface area contributed by atoms with Crippen LogP contribution in [0.1, 0.15) is 31.0 Å². The fourth-order valence-corrected chi connectivity index (χ4v) is 4.77. The van der Waals surface area contributed by atoms with Crippen LogP contribution in [-0.2, 0) is 0 Å². The summed E-state index contributed by atoms with van der Waals surface area (Å²) >= 11 is 2.12. The number of fused-ring (bicyclic) bond motifs is 1. The van der Waals surface area contributed by atoms with Gasteiger partial charge in [0.2, 0.25) is 0 Å². The van der Waals surface area contributed by atoms with E-state index in [0.717, 1.165) is 11.6 Å². The molecule has 0 aliphatic carbocycles. The minimum atomic E-state index is 0.618. The maximum atomic E-state index is 4.78. The molecule has 1 atom stereocenters. The maximum absolute atomic E-state index is 4.78. The molecule has 3 nitrogen and oxygen atoms in total. The molecule has 0 saturated carbocycles. The van der Waals surface area contributed by atoms with Crippen molar-refractivity contribution >= 4 is 22.8 Å². The Morgan fingerprint density at radius 3 is 2.75 bits per heavy atom. The van der Waals surface area contributed by atoms with Crippen molar-refractivity contribution < 1.29 is 0 Å². The number of aromatic amines is 1. The van der Waals surface area contributed by atoms with E-state index in [-0.39, 0.29) is 0 Å². The van der Waals surface area contributed by atoms with Crippen molar-refractivity contribution in [3.05, 3.63) is 30.1 Å². The number of rotatable bonds is 2. The van der Waals surface area contributed by atoms with Crippen LogP contribution in [0, 0.1) is 0 Å². The average molecular weight is 287 g/mol. The summed E-state index contributed by atoms with van der Waals surface area (Å²) in [6, 6.07) is 9.20. The molecule has 2 fully saturated rings. The number of H-pyrrole nitrogens is 1. The first-order valence-electron chi connectivity index (χ1n) is 7.66. The second kappa shape index (κ2) is 5.41. The van der Waals surface area contributed by atoms with Gasteiger partial charge in [0.25, 0.3) is 0 Å². The van der Waals surface area contributed by atoms with Crippen LogP contribution in [0.25, 0.3) is 11.0 Å². The van der Waals surface area contributed by atoms with Crippen molar-refractivity contribution in [2.45, 2.75) is 31.2 Å². The molecule has 1 aromatic carbocycles. The highest BCUT2D eigenvalue weighted by atomic mass is 32.2. The Morgan fingerprint density at radius 2 is 2.00 bits per heavy atom. The quantitative estimate of drug-likeness (QED) is 0.920. The summed E-state index contributed by atoms with van der Waals surface area (Å²) in [7, 11) is 0. The molecular formula is C16H21N3S. The van der Waals surface area contributed by atoms with E-state index in [1.165, 1.54) is 55.2 Å². The summed E-state index contributed by atoms with van der Waals surface area (Å²) < 4.78 is 0. The third-order valence-corrected chi connectivity index (χ3v) is 5.89. The molecule has 2 saturated heterocycles. The zero-order valence-electron chi connectivity index (χ0n) is 11.7. The Hall–Kier alpha value is -1.00. The second-order valence-corrected chi connectivity index (χ2v) is 7.12. The van der Waals surface area contributed by atoms with Crippen LogP contribution in [-0.4, -0.2) is 45.5 Å². The second-order valence-electron chi connectivity index (χ2n) is 5.97. The smallest absolute Gasteiger partial charge is 0.110 e. The highest BCUT2D eigenvalue weighted by Gasteiger charge is 2.29. The number of nitrogens with zero attached hydrogens (tertiary/aromatic N) is 2. The number of hydrogen-bond acceptors (Lipinski definition) is 3. The number of imidazole rings is 1. The molecule has 0 radical (unpaired) electrons. The van der Waals surface area contributed by atoms with Gasteiger partial charge >= 0.3 is 0 Å². The van der Waals surface area contributed by atoms with E-state index in [9.17, 15) is 0 Å². The molecule has 0 bridgehead atoms. The van der Waals surface area contributed by atoms with E-state index in [4.69, 9.17) is 4.98 Å². The molecule has 2 aliphatic heterocycles. The SMILES string of the molecule is c1ccc2[nH]c(C3CCN([C@@H]4CCSC4)CC3)nc2c1. The van der Waals surface area contributed by atoms with Crippen LogP contribution in [0.2, 0.25) is 0 Å². The predicted molar refractivity (Wildman–Crippen MR) is 85.4 cm³/mol. The zero-order valence-corrected chi connectivity index (χ0v) is 12.5. The maximum Gasteiger partial charge on any atom is 0.110 e. The predicted octanol–water partition coefficient (Wildman–Crippen LogP) is 3.25. The van der Waals surface area contributed by atoms with Crippen LogP contribution in [0.4, 0.5) is 0 Å². The fourth-order valence-electron chi connectivity index (χ4n) is 3.51. The van der Waals surface area contributed by atoms with Gasteiger partial charge in [-0.05, 0) is 50.2 Å². The molecule has 4 rings (SSSR count). The first-order chi connectivity index (χ1) is 9.90. The van der Waals surface area contributed by atoms with Crippen molar-refractivity contribution in [1.82, 2.24) is 14.9 Å². The van der Waals surface area contributed by atoms with E-state index < -0.39 is 0 Å². The van der Waals surface area contributed by atoms with Gasteiger partial charge < -0.3 is 4.98 Å². The molecule has 4 heteroatoms. The lowest BCUT2D eigenvalue weighted by atomic mass is 9.95. The van der Waals surface area contributed by atoms with Crippen molar-refractivity contribution in [3.8, 4) is 0 Å². The monoisotopic (exact) mass is 287 g/mol. The molecular weight excluding hydrogens is 266 g/mol. The third-order valence-electron chi connectivity index (χ3n) is 4.75. The summed E-state index contributed by atoms with van der Waals surface area (Å²) in [5, 5.41) is 0. The number of piperidine rings is 1. The van der Waals surface area contributed by atoms with Crippen molar-refractivity contribution in [1.29, 1.82) is 0 Å². The summed E-state index contributed by atoms with van der Waals surface area (Å²) in [4.78, 5) is 11.0. The number of hydrogen-bond donors (Lipinski definition) is 1. The van der Waals surface area contributed by atoms with E-state index in [2.05, 4.69) is 45.9 Å². The van der Waals surface area contributed by atoms with Crippen LogP contribution in [0.3, 0.4) is 0 Å². The topological polar surface area (TPSA) is 31.9 Å². The first kappa shape index (κ1) is 12.7. The average Bonchev–Trinajstić information content (AvgIpc) is 3.17. The zero-order chi connectivity index (χ0) is 13.4. The van der Waals surface area contributed by atoms with Gasteiger partial charge in [0.05, 0.1) is 11.0 Å². The number of thioether (sulfide) groups is 1. The van der Waals surface area contributed by atoms with Gasteiger partial charge in [-0.15, -0.1) is 0 Å². The van der Waals surface area contributed by atoms with Gasteiger partial charge in [0.15, 0.2) is 0 Å². The number of aromatic nitrogens is 2. The Labute approximate surface area is 124 Å². The first-order valence-corrected chi connectivity index (χ1v) is 8.82. The fraction of sp³-hybridized carbons (Fsp3) is 0.562. The lowest BCUT2D eigenvalue weighted by Gasteiger charge is -2.35. The molecule has 1 aromatic heterocycles. The molecule has 3 heterocycles. The summed E-state index contributed by atoms with van der Waals surface area (Å²) in [6.07, 6.45) is 3.89. The standard InChI is InChI=1S/C16H21N3S/c1-2-4-15-14(3-1)17-16(18-15)12-5-8-19(9-6-12)13-7-10-20-11-13/h1-4,12-13H,5-11H2,(H,17,18)/t13-/m1/s1. The number of nitrogens with one attached hydrogen (secondary N) is 1. The highest BCUT2D eigenvalue weighted by Crippen LogP contribution is 2.31. The minimum absolute atomic E-state index is 0.618. The lowest BCUT2D eigenvalue weighted by molar-refractivity contribution is 0.163. The van der Waals surface area contributed by atoms with Crippen molar-refractivity contribution in [2.75, 3.05) is 24.6 Å². The molecule has 106 valence electrons. The largest absolute Gasteiger partial charge is 0.342 e. The molecule has 0 unspecified atom stereocenters. The molecule has 2 aromatic rings. The summed E-state index contributed by atoms with van der Waals surface area (Å²) in [5.41, 5.74) is 2.29. The van der Waals surface area contributed by atoms with Gasteiger partial charge in [0.1, 0.15) is 5.82 Å². The minimum Gasteiger partial charge on any atom is -0.342 e. The Kier molecular flexibility index (Phi) is 3.44. The van der Waals surface area contributed by atoms with E-state index in [1.54, 1.807) is 0 Å². The molecule has 1 N–H and O–H groups in total. The molecule has 2 aliphatic rings. The molecule has 20 heavy (non-hydrogen) atoms. The van der Waals surface area contributed by atoms with Gasteiger partial charge in [-0.1, -0.05) is 12.1 Å². The highest BCUT2D eigenvalue weighted by molar-refractivity contribution is 7.99. The van der Waals surface area contributed by atoms with Gasteiger partial charge in [-0.25, -0.2) is 4.98 Å². The number of benzene rings is 1. The Bertz CT molecular complexity index is 547. The summed E-state index contributed by atoms with van der Waals surface area (Å²) in [5.74, 6) is 4.52. The third kappa shape index (κ3) is 2.35. The Morgan fingerprint density at radius 1 is 1.15 bits per heavy atom. The number of para-hydroxylation sites is 2. The summed E-state index contributed by atoms with van der Waals surface area (Å²) in [6.45, 7) is 2.49. The Balaban J connectivity index is 1.45. The van der Waals surface area contributed by atoms with E-state index in [1.807, 2.05) is 0 Å². The van der Waals surface area contributed by atoms with Crippen LogP contribution >= 0.6 is 11.8 Å². The van der Waals surface area contributed by atoms with Gasteiger partial charge in [-0.3, -0.25) is 4.90 Å². The van der Waals surface area contributed by atoms with E-state index in [0.29, 0.717) is 5.92 Å². The number of likely N-dealkylation sites (tertiary alicyclic amines) is 1. The molecule has 0 amide bonds.